The summed E-state index contributed by atoms with van der Waals surface area (Å²) in [5, 5.41) is 2.89. The van der Waals surface area contributed by atoms with Crippen molar-refractivity contribution in [2.75, 3.05) is 17.3 Å². The SMILES string of the molecule is Cc1ccc2c(c1)N(C)C(=O)c1cc(NC(=O)c3c(C)nc4ccccn34)ccc1O2. The Bertz CT molecular complexity index is 1370. The summed E-state index contributed by atoms with van der Waals surface area (Å²) in [6.45, 7) is 3.76. The number of carbonyl (C=O) groups is 2. The van der Waals surface area contributed by atoms with E-state index in [9.17, 15) is 9.59 Å². The van der Waals surface area contributed by atoms with Gasteiger partial charge in [0.1, 0.15) is 17.1 Å². The number of hydrogen-bond acceptors (Lipinski definition) is 4. The number of amides is 2. The number of aromatic nitrogens is 2. The van der Waals surface area contributed by atoms with Gasteiger partial charge in [-0.05, 0) is 61.9 Å². The second kappa shape index (κ2) is 6.98. The Labute approximate surface area is 178 Å². The van der Waals surface area contributed by atoms with Crippen molar-refractivity contribution in [1.29, 1.82) is 0 Å². The molecule has 2 aromatic carbocycles. The number of imidazole rings is 1. The zero-order chi connectivity index (χ0) is 21.7. The standard InChI is InChI=1S/C24H20N4O3/c1-14-7-9-20-18(12-14)27(3)24(30)17-13-16(8-10-19(17)31-20)26-23(29)22-15(2)25-21-6-4-5-11-28(21)22/h4-13H,1-3H3,(H,26,29). The molecule has 7 nitrogen and oxygen atoms in total. The van der Waals surface area contributed by atoms with Crippen LogP contribution in [-0.2, 0) is 0 Å². The molecule has 0 saturated carbocycles. The van der Waals surface area contributed by atoms with E-state index in [4.69, 9.17) is 4.74 Å². The summed E-state index contributed by atoms with van der Waals surface area (Å²) in [6, 6.07) is 16.3. The second-order valence-corrected chi connectivity index (χ2v) is 7.58. The number of ether oxygens (including phenoxy) is 1. The van der Waals surface area contributed by atoms with Crippen LogP contribution in [0, 0.1) is 13.8 Å². The Morgan fingerprint density at radius 1 is 1.03 bits per heavy atom. The van der Waals surface area contributed by atoms with Crippen molar-refractivity contribution < 1.29 is 14.3 Å². The van der Waals surface area contributed by atoms with Gasteiger partial charge in [0.25, 0.3) is 11.8 Å². The van der Waals surface area contributed by atoms with E-state index < -0.39 is 0 Å². The van der Waals surface area contributed by atoms with Crippen molar-refractivity contribution in [3.8, 4) is 11.5 Å². The Morgan fingerprint density at radius 3 is 2.68 bits per heavy atom. The van der Waals surface area contributed by atoms with Gasteiger partial charge >= 0.3 is 0 Å². The minimum Gasteiger partial charge on any atom is -0.454 e. The lowest BCUT2D eigenvalue weighted by Crippen LogP contribution is -2.25. The average molecular weight is 412 g/mol. The van der Waals surface area contributed by atoms with Crippen LogP contribution in [0.25, 0.3) is 5.65 Å². The van der Waals surface area contributed by atoms with E-state index in [-0.39, 0.29) is 11.8 Å². The Hall–Kier alpha value is -4.13. The first-order chi connectivity index (χ1) is 14.9. The van der Waals surface area contributed by atoms with Gasteiger partial charge in [0.05, 0.1) is 16.9 Å². The first-order valence-corrected chi connectivity index (χ1v) is 9.88. The molecule has 0 bridgehead atoms. The molecular weight excluding hydrogens is 392 g/mol. The number of nitrogens with one attached hydrogen (secondary N) is 1. The number of benzene rings is 2. The molecular formula is C24H20N4O3. The molecule has 0 spiro atoms. The summed E-state index contributed by atoms with van der Waals surface area (Å²) >= 11 is 0. The number of carbonyl (C=O) groups excluding carboxylic acids is 2. The van der Waals surface area contributed by atoms with Crippen LogP contribution in [0.1, 0.15) is 32.1 Å². The predicted molar refractivity (Wildman–Crippen MR) is 118 cm³/mol. The summed E-state index contributed by atoms with van der Waals surface area (Å²) in [4.78, 5) is 32.1. The van der Waals surface area contributed by atoms with Crippen molar-refractivity contribution in [2.45, 2.75) is 13.8 Å². The maximum absolute atomic E-state index is 13.1. The van der Waals surface area contributed by atoms with Crippen molar-refractivity contribution in [1.82, 2.24) is 9.38 Å². The molecule has 4 aromatic rings. The lowest BCUT2D eigenvalue weighted by Gasteiger charge is -2.16. The first kappa shape index (κ1) is 18.9. The molecule has 31 heavy (non-hydrogen) atoms. The van der Waals surface area contributed by atoms with Crippen molar-refractivity contribution in [3.05, 3.63) is 83.3 Å². The number of hydrogen-bond donors (Lipinski definition) is 1. The normalized spacial score (nSPS) is 12.7. The molecule has 3 heterocycles. The van der Waals surface area contributed by atoms with Gasteiger partial charge in [-0.3, -0.25) is 14.0 Å². The summed E-state index contributed by atoms with van der Waals surface area (Å²) in [6.07, 6.45) is 1.80. The van der Waals surface area contributed by atoms with E-state index in [0.29, 0.717) is 45.5 Å². The quantitative estimate of drug-likeness (QED) is 0.523. The van der Waals surface area contributed by atoms with Crippen molar-refractivity contribution >= 4 is 28.8 Å². The fourth-order valence-corrected chi connectivity index (χ4v) is 3.83. The van der Waals surface area contributed by atoms with Gasteiger partial charge < -0.3 is 15.0 Å². The number of rotatable bonds is 2. The summed E-state index contributed by atoms with van der Waals surface area (Å²) in [5.41, 5.74) is 4.39. The Kier molecular flexibility index (Phi) is 4.25. The van der Waals surface area contributed by atoms with Crippen molar-refractivity contribution in [3.63, 3.8) is 0 Å². The van der Waals surface area contributed by atoms with Crippen LogP contribution in [0.5, 0.6) is 11.5 Å². The van der Waals surface area contributed by atoms with Crippen LogP contribution in [0.15, 0.2) is 60.8 Å². The lowest BCUT2D eigenvalue weighted by molar-refractivity contribution is 0.0989. The minimum atomic E-state index is -0.301. The summed E-state index contributed by atoms with van der Waals surface area (Å²) in [7, 11) is 1.71. The van der Waals surface area contributed by atoms with Gasteiger partial charge in [0.15, 0.2) is 5.75 Å². The van der Waals surface area contributed by atoms with Crippen LogP contribution >= 0.6 is 0 Å². The number of nitrogens with zero attached hydrogens (tertiary/aromatic N) is 3. The van der Waals surface area contributed by atoms with Gasteiger partial charge in [0.2, 0.25) is 0 Å². The third-order valence-electron chi connectivity index (χ3n) is 5.39. The largest absolute Gasteiger partial charge is 0.454 e. The molecule has 5 rings (SSSR count). The molecule has 0 aliphatic carbocycles. The van der Waals surface area contributed by atoms with Gasteiger partial charge in [-0.2, -0.15) is 0 Å². The third-order valence-corrected chi connectivity index (χ3v) is 5.39. The molecule has 0 saturated heterocycles. The summed E-state index contributed by atoms with van der Waals surface area (Å²) in [5.74, 6) is 0.550. The molecule has 0 atom stereocenters. The van der Waals surface area contributed by atoms with E-state index in [2.05, 4.69) is 10.3 Å². The fraction of sp³-hybridized carbons (Fsp3) is 0.125. The number of fused-ring (bicyclic) bond motifs is 3. The average Bonchev–Trinajstić information content (AvgIpc) is 3.06. The summed E-state index contributed by atoms with van der Waals surface area (Å²) < 4.78 is 7.76. The highest BCUT2D eigenvalue weighted by atomic mass is 16.5. The lowest BCUT2D eigenvalue weighted by atomic mass is 10.1. The maximum Gasteiger partial charge on any atom is 0.274 e. The molecule has 2 aromatic heterocycles. The first-order valence-electron chi connectivity index (χ1n) is 9.88. The number of aryl methyl sites for hydroxylation is 2. The molecule has 1 aliphatic heterocycles. The van der Waals surface area contributed by atoms with Gasteiger partial charge in [-0.15, -0.1) is 0 Å². The number of anilines is 2. The predicted octanol–water partition coefficient (Wildman–Crippen LogP) is 4.59. The van der Waals surface area contributed by atoms with Crippen LogP contribution in [0.4, 0.5) is 11.4 Å². The van der Waals surface area contributed by atoms with Crippen LogP contribution in [0.3, 0.4) is 0 Å². The monoisotopic (exact) mass is 412 g/mol. The Morgan fingerprint density at radius 2 is 1.84 bits per heavy atom. The van der Waals surface area contributed by atoms with E-state index >= 15 is 0 Å². The Balaban J connectivity index is 1.50. The molecule has 0 radical (unpaired) electrons. The topological polar surface area (TPSA) is 75.9 Å². The maximum atomic E-state index is 13.1. The smallest absolute Gasteiger partial charge is 0.274 e. The zero-order valence-electron chi connectivity index (χ0n) is 17.3. The van der Waals surface area contributed by atoms with E-state index in [1.54, 1.807) is 47.7 Å². The molecule has 7 heteroatoms. The van der Waals surface area contributed by atoms with E-state index in [0.717, 1.165) is 5.56 Å². The molecule has 2 amide bonds. The number of pyridine rings is 1. The van der Waals surface area contributed by atoms with Gasteiger partial charge in [-0.25, -0.2) is 4.98 Å². The van der Waals surface area contributed by atoms with Crippen molar-refractivity contribution in [2.24, 2.45) is 0 Å². The van der Waals surface area contributed by atoms with E-state index in [1.165, 1.54) is 0 Å². The van der Waals surface area contributed by atoms with E-state index in [1.807, 2.05) is 43.3 Å². The van der Waals surface area contributed by atoms with Gasteiger partial charge in [-0.1, -0.05) is 12.1 Å². The zero-order valence-corrected chi connectivity index (χ0v) is 17.3. The minimum absolute atomic E-state index is 0.207. The van der Waals surface area contributed by atoms with Crippen LogP contribution < -0.4 is 15.0 Å². The van der Waals surface area contributed by atoms with Crippen LogP contribution in [-0.4, -0.2) is 28.2 Å². The molecule has 1 N–H and O–H groups in total. The third kappa shape index (κ3) is 3.11. The molecule has 0 unspecified atom stereocenters. The highest BCUT2D eigenvalue weighted by Crippen LogP contribution is 2.39. The molecule has 1 aliphatic rings. The fourth-order valence-electron chi connectivity index (χ4n) is 3.83. The molecule has 154 valence electrons. The highest BCUT2D eigenvalue weighted by Gasteiger charge is 2.26. The van der Waals surface area contributed by atoms with Gasteiger partial charge in [0, 0.05) is 18.9 Å². The second-order valence-electron chi connectivity index (χ2n) is 7.58. The highest BCUT2D eigenvalue weighted by molar-refractivity contribution is 6.11. The van der Waals surface area contributed by atoms with Crippen LogP contribution in [0.2, 0.25) is 0 Å². The molecule has 0 fully saturated rings.